The molecule has 4 nitrogen and oxygen atoms in total. The number of hydrogen-bond donors (Lipinski definition) is 1. The van der Waals surface area contributed by atoms with Gasteiger partial charge in [-0.2, -0.15) is 5.10 Å². The zero-order chi connectivity index (χ0) is 14.9. The molecule has 0 radical (unpaired) electrons. The van der Waals surface area contributed by atoms with Crippen LogP contribution in [-0.2, 0) is 30.0 Å². The van der Waals surface area contributed by atoms with Crippen molar-refractivity contribution in [2.75, 3.05) is 5.73 Å². The zero-order valence-corrected chi connectivity index (χ0v) is 12.8. The topological polar surface area (TPSA) is 60.9 Å². The molecule has 0 aliphatic carbocycles. The van der Waals surface area contributed by atoms with Crippen molar-refractivity contribution in [3.63, 3.8) is 0 Å². The quantitative estimate of drug-likeness (QED) is 0.882. The van der Waals surface area contributed by atoms with Crippen LogP contribution < -0.4 is 5.73 Å². The molecule has 0 aliphatic heterocycles. The van der Waals surface area contributed by atoms with Crippen LogP contribution in [0, 0.1) is 5.82 Å². The van der Waals surface area contributed by atoms with Gasteiger partial charge in [0.2, 0.25) is 0 Å². The van der Waals surface area contributed by atoms with Gasteiger partial charge in [-0.05, 0) is 24.6 Å². The minimum absolute atomic E-state index is 0.0394. The Balaban J connectivity index is 2.28. The smallest absolute Gasteiger partial charge is 0.147 e. The molecule has 108 valence electrons. The minimum atomic E-state index is -1.40. The maximum Gasteiger partial charge on any atom is 0.147 e. The molecule has 0 amide bonds. The van der Waals surface area contributed by atoms with Crippen LogP contribution in [0.3, 0.4) is 0 Å². The Morgan fingerprint density at radius 1 is 1.50 bits per heavy atom. The number of halogens is 2. The fraction of sp³-hybridized carbons (Fsp3) is 0.308. The van der Waals surface area contributed by atoms with Crippen LogP contribution in [0.5, 0.6) is 0 Å². The summed E-state index contributed by atoms with van der Waals surface area (Å²) in [7, 11) is 0.348. The van der Waals surface area contributed by atoms with E-state index in [0.717, 1.165) is 5.69 Å². The molecule has 2 N–H and O–H groups in total. The van der Waals surface area contributed by atoms with Crippen molar-refractivity contribution in [2.24, 2.45) is 7.05 Å². The van der Waals surface area contributed by atoms with E-state index < -0.39 is 16.6 Å². The van der Waals surface area contributed by atoms with Crippen LogP contribution in [0.4, 0.5) is 10.1 Å². The van der Waals surface area contributed by atoms with Crippen molar-refractivity contribution >= 4 is 28.1 Å². The number of aromatic nitrogens is 2. The number of nitrogens with two attached hydrogens (primary N) is 1. The number of rotatable bonds is 4. The molecule has 1 atom stereocenters. The molecule has 0 saturated heterocycles. The Kier molecular flexibility index (Phi) is 4.45. The summed E-state index contributed by atoms with van der Waals surface area (Å²) < 4.78 is 27.3. The van der Waals surface area contributed by atoms with Gasteiger partial charge in [-0.15, -0.1) is 0 Å². The summed E-state index contributed by atoms with van der Waals surface area (Å²) in [4.78, 5) is 0.381. The second-order valence-electron chi connectivity index (χ2n) is 4.36. The Labute approximate surface area is 124 Å². The maximum atomic E-state index is 13.4. The van der Waals surface area contributed by atoms with Crippen molar-refractivity contribution in [3.8, 4) is 0 Å². The first-order valence-corrected chi connectivity index (χ1v) is 7.77. The summed E-state index contributed by atoms with van der Waals surface area (Å²) in [5.74, 6) is -0.382. The largest absolute Gasteiger partial charge is 0.396 e. The first-order valence-electron chi connectivity index (χ1n) is 6.07. The summed E-state index contributed by atoms with van der Waals surface area (Å²) >= 11 is 6.21. The molecule has 0 saturated carbocycles. The van der Waals surface area contributed by atoms with Crippen LogP contribution in [0.25, 0.3) is 0 Å². The average Bonchev–Trinajstić information content (AvgIpc) is 2.69. The van der Waals surface area contributed by atoms with Crippen molar-refractivity contribution in [2.45, 2.75) is 24.0 Å². The van der Waals surface area contributed by atoms with Crippen LogP contribution in [-0.4, -0.2) is 14.0 Å². The van der Waals surface area contributed by atoms with E-state index in [1.807, 2.05) is 6.92 Å². The highest BCUT2D eigenvalue weighted by atomic mass is 35.5. The molecule has 20 heavy (non-hydrogen) atoms. The number of aryl methyl sites for hydroxylation is 2. The molecular formula is C13H15ClFN3OS. The van der Waals surface area contributed by atoms with Gasteiger partial charge in [-0.25, -0.2) is 4.39 Å². The highest BCUT2D eigenvalue weighted by Crippen LogP contribution is 2.24. The molecule has 0 aliphatic rings. The number of nitrogens with zero attached hydrogens (tertiary/aromatic N) is 2. The van der Waals surface area contributed by atoms with Gasteiger partial charge in [0, 0.05) is 11.9 Å². The van der Waals surface area contributed by atoms with E-state index in [1.54, 1.807) is 17.8 Å². The Morgan fingerprint density at radius 2 is 2.20 bits per heavy atom. The van der Waals surface area contributed by atoms with Crippen molar-refractivity contribution in [1.82, 2.24) is 9.78 Å². The lowest BCUT2D eigenvalue weighted by Crippen LogP contribution is -2.04. The highest BCUT2D eigenvalue weighted by Gasteiger charge is 2.17. The van der Waals surface area contributed by atoms with Gasteiger partial charge >= 0.3 is 0 Å². The zero-order valence-electron chi connectivity index (χ0n) is 11.2. The van der Waals surface area contributed by atoms with Crippen molar-refractivity contribution in [3.05, 3.63) is 40.4 Å². The normalized spacial score (nSPS) is 12.6. The van der Waals surface area contributed by atoms with E-state index >= 15 is 0 Å². The Bertz CT molecular complexity index is 672. The van der Waals surface area contributed by atoms with Crippen LogP contribution in [0.2, 0.25) is 5.02 Å². The number of hydrogen-bond acceptors (Lipinski definition) is 3. The third-order valence-electron chi connectivity index (χ3n) is 3.01. The second-order valence-corrected chi connectivity index (χ2v) is 6.19. The van der Waals surface area contributed by atoms with Gasteiger partial charge in [0.05, 0.1) is 38.7 Å². The van der Waals surface area contributed by atoms with Gasteiger partial charge in [0.25, 0.3) is 0 Å². The molecule has 1 heterocycles. The van der Waals surface area contributed by atoms with Crippen LogP contribution in [0.1, 0.15) is 18.3 Å². The highest BCUT2D eigenvalue weighted by molar-refractivity contribution is 7.84. The van der Waals surface area contributed by atoms with Crippen molar-refractivity contribution in [1.29, 1.82) is 0 Å². The molecule has 0 spiro atoms. The molecule has 7 heteroatoms. The lowest BCUT2D eigenvalue weighted by Gasteiger charge is -2.05. The second kappa shape index (κ2) is 5.93. The van der Waals surface area contributed by atoms with Gasteiger partial charge in [-0.3, -0.25) is 8.89 Å². The summed E-state index contributed by atoms with van der Waals surface area (Å²) in [5.41, 5.74) is 6.89. The van der Waals surface area contributed by atoms with E-state index in [2.05, 4.69) is 5.10 Å². The molecule has 2 rings (SSSR count). The SMILES string of the molecule is CCc1nn(C)c(CS(=O)c2ccc(N)c(F)c2)c1Cl. The first-order chi connectivity index (χ1) is 9.43. The molecular weight excluding hydrogens is 301 g/mol. The number of benzene rings is 1. The number of nitrogen functional groups attached to an aromatic ring is 1. The van der Waals surface area contributed by atoms with Crippen LogP contribution in [0.15, 0.2) is 23.1 Å². The Morgan fingerprint density at radius 3 is 2.75 bits per heavy atom. The first kappa shape index (κ1) is 15.0. The molecule has 0 bridgehead atoms. The standard InChI is InChI=1S/C13H15ClFN3OS/c1-3-11-13(14)12(18(2)17-11)7-20(19)8-4-5-10(16)9(15)6-8/h4-6H,3,7,16H2,1-2H3. The predicted octanol–water partition coefficient (Wildman–Crippen LogP) is 2.67. The predicted molar refractivity (Wildman–Crippen MR) is 78.5 cm³/mol. The van der Waals surface area contributed by atoms with E-state index in [0.29, 0.717) is 22.0 Å². The third kappa shape index (κ3) is 2.86. The Hall–Kier alpha value is -1.40. The third-order valence-corrected chi connectivity index (χ3v) is 4.76. The van der Waals surface area contributed by atoms with Gasteiger partial charge < -0.3 is 5.73 Å². The fourth-order valence-electron chi connectivity index (χ4n) is 1.83. The molecule has 1 unspecified atom stereocenters. The van der Waals surface area contributed by atoms with E-state index in [-0.39, 0.29) is 11.4 Å². The van der Waals surface area contributed by atoms with E-state index in [4.69, 9.17) is 17.3 Å². The lowest BCUT2D eigenvalue weighted by atomic mass is 10.3. The van der Waals surface area contributed by atoms with Gasteiger partial charge in [-0.1, -0.05) is 18.5 Å². The monoisotopic (exact) mass is 315 g/mol. The summed E-state index contributed by atoms with van der Waals surface area (Å²) in [5, 5.41) is 4.79. The lowest BCUT2D eigenvalue weighted by molar-refractivity contribution is 0.627. The average molecular weight is 316 g/mol. The molecule has 1 aromatic heterocycles. The summed E-state index contributed by atoms with van der Waals surface area (Å²) in [6.45, 7) is 1.95. The summed E-state index contributed by atoms with van der Waals surface area (Å²) in [6.07, 6.45) is 0.704. The summed E-state index contributed by atoms with van der Waals surface area (Å²) in [6, 6.07) is 4.15. The minimum Gasteiger partial charge on any atom is -0.396 e. The molecule has 0 fully saturated rings. The van der Waals surface area contributed by atoms with Gasteiger partial charge in [0.1, 0.15) is 5.82 Å². The van der Waals surface area contributed by atoms with Crippen molar-refractivity contribution < 1.29 is 8.60 Å². The van der Waals surface area contributed by atoms with E-state index in [9.17, 15) is 8.60 Å². The molecule has 2 aromatic rings. The maximum absolute atomic E-state index is 13.4. The molecule has 1 aromatic carbocycles. The number of anilines is 1. The fourth-order valence-corrected chi connectivity index (χ4v) is 3.47. The van der Waals surface area contributed by atoms with E-state index in [1.165, 1.54) is 12.1 Å². The van der Waals surface area contributed by atoms with Gasteiger partial charge in [0.15, 0.2) is 0 Å². The van der Waals surface area contributed by atoms with Crippen LogP contribution >= 0.6 is 11.6 Å².